The highest BCUT2D eigenvalue weighted by molar-refractivity contribution is 6.30. The van der Waals surface area contributed by atoms with Crippen molar-refractivity contribution in [3.63, 3.8) is 0 Å². The summed E-state index contributed by atoms with van der Waals surface area (Å²) in [5.74, 6) is 0. The summed E-state index contributed by atoms with van der Waals surface area (Å²) in [5, 5.41) is 4.38. The zero-order valence-electron chi connectivity index (χ0n) is 9.01. The van der Waals surface area contributed by atoms with Gasteiger partial charge in [0.15, 0.2) is 0 Å². The summed E-state index contributed by atoms with van der Waals surface area (Å²) < 4.78 is 0. The number of benzene rings is 1. The van der Waals surface area contributed by atoms with Crippen LogP contribution in [0.15, 0.2) is 24.3 Å². The van der Waals surface area contributed by atoms with E-state index in [0.29, 0.717) is 0 Å². The van der Waals surface area contributed by atoms with Crippen LogP contribution < -0.4 is 5.32 Å². The number of hydrogen-bond donors (Lipinski definition) is 1. The Bertz CT molecular complexity index is 307. The highest BCUT2D eigenvalue weighted by Crippen LogP contribution is 2.18. The molecule has 1 fully saturated rings. The molecule has 0 unspecified atom stereocenters. The first-order valence-corrected chi connectivity index (χ1v) is 6.20. The molecule has 0 radical (unpaired) electrons. The molecule has 0 spiro atoms. The lowest BCUT2D eigenvalue weighted by molar-refractivity contribution is 0.620. The van der Waals surface area contributed by atoms with Gasteiger partial charge in [0, 0.05) is 11.1 Å². The van der Waals surface area contributed by atoms with Crippen molar-refractivity contribution in [1.29, 1.82) is 0 Å². The van der Waals surface area contributed by atoms with E-state index in [1.807, 2.05) is 12.1 Å². The van der Waals surface area contributed by atoms with E-state index in [2.05, 4.69) is 17.4 Å². The van der Waals surface area contributed by atoms with Gasteiger partial charge in [0.1, 0.15) is 0 Å². The molecule has 0 saturated heterocycles. The van der Waals surface area contributed by atoms with Gasteiger partial charge in [-0.3, -0.25) is 0 Å². The largest absolute Gasteiger partial charge is 0.314 e. The number of hydrogen-bond acceptors (Lipinski definition) is 1. The molecule has 1 aromatic rings. The highest BCUT2D eigenvalue weighted by atomic mass is 35.5. The van der Waals surface area contributed by atoms with Crippen molar-refractivity contribution in [3.05, 3.63) is 34.9 Å². The Labute approximate surface area is 96.8 Å². The summed E-state index contributed by atoms with van der Waals surface area (Å²) in [6.07, 6.45) is 6.43. The Hall–Kier alpha value is -0.530. The van der Waals surface area contributed by atoms with E-state index >= 15 is 0 Å². The number of halogens is 1. The molecule has 1 saturated carbocycles. The summed E-state index contributed by atoms with van der Waals surface area (Å²) in [6.45, 7) is 1.17. The third-order valence-electron chi connectivity index (χ3n) is 2.79. The monoisotopic (exact) mass is 223 g/mol. The predicted octanol–water partition coefficient (Wildman–Crippen LogP) is 3.41. The highest BCUT2D eigenvalue weighted by Gasteiger charge is 2.19. The topological polar surface area (TPSA) is 12.0 Å². The van der Waals surface area contributed by atoms with Gasteiger partial charge < -0.3 is 5.32 Å². The molecule has 1 aliphatic carbocycles. The second-order valence-corrected chi connectivity index (χ2v) is 4.75. The van der Waals surface area contributed by atoms with Gasteiger partial charge in [0.2, 0.25) is 0 Å². The van der Waals surface area contributed by atoms with Crippen molar-refractivity contribution in [2.24, 2.45) is 0 Å². The smallest absolute Gasteiger partial charge is 0.0408 e. The Morgan fingerprint density at radius 1 is 1.27 bits per heavy atom. The van der Waals surface area contributed by atoms with Crippen LogP contribution in [0.1, 0.15) is 31.2 Å². The average Bonchev–Trinajstić information content (AvgIpc) is 3.01. The minimum atomic E-state index is 0.844. The van der Waals surface area contributed by atoms with E-state index in [4.69, 9.17) is 11.6 Å². The second kappa shape index (κ2) is 5.53. The number of unbranched alkanes of at least 4 members (excludes halogenated alkanes) is 1. The van der Waals surface area contributed by atoms with Gasteiger partial charge in [-0.05, 0) is 56.3 Å². The maximum Gasteiger partial charge on any atom is 0.0408 e. The fourth-order valence-electron chi connectivity index (χ4n) is 1.74. The van der Waals surface area contributed by atoms with Crippen LogP contribution in [-0.2, 0) is 6.42 Å². The Balaban J connectivity index is 1.60. The average molecular weight is 224 g/mol. The third kappa shape index (κ3) is 4.23. The molecule has 1 nitrogen and oxygen atoms in total. The minimum Gasteiger partial charge on any atom is -0.314 e. The maximum atomic E-state index is 5.92. The fourth-order valence-corrected chi connectivity index (χ4v) is 1.95. The number of rotatable bonds is 6. The van der Waals surface area contributed by atoms with E-state index in [0.717, 1.165) is 17.5 Å². The molecule has 0 aliphatic heterocycles. The van der Waals surface area contributed by atoms with Crippen LogP contribution in [0, 0.1) is 0 Å². The van der Waals surface area contributed by atoms with E-state index < -0.39 is 0 Å². The summed E-state index contributed by atoms with van der Waals surface area (Å²) in [6, 6.07) is 9.02. The van der Waals surface area contributed by atoms with Crippen molar-refractivity contribution in [1.82, 2.24) is 5.32 Å². The molecule has 1 aliphatic rings. The van der Waals surface area contributed by atoms with Gasteiger partial charge in [-0.25, -0.2) is 0 Å². The van der Waals surface area contributed by atoms with E-state index in [9.17, 15) is 0 Å². The van der Waals surface area contributed by atoms with Crippen LogP contribution in [0.2, 0.25) is 5.02 Å². The van der Waals surface area contributed by atoms with Crippen molar-refractivity contribution in [2.45, 2.75) is 38.1 Å². The molecule has 2 rings (SSSR count). The summed E-state index contributed by atoms with van der Waals surface area (Å²) in [7, 11) is 0. The standard InChI is InChI=1S/C13H18ClN/c14-12-6-3-5-11(10-12)4-1-2-9-15-13-7-8-13/h3,5-6,10,13,15H,1-2,4,7-9H2. The van der Waals surface area contributed by atoms with Crippen LogP contribution in [0.25, 0.3) is 0 Å². The summed E-state index contributed by atoms with van der Waals surface area (Å²) in [5.41, 5.74) is 1.36. The Kier molecular flexibility index (Phi) is 4.04. The van der Waals surface area contributed by atoms with Gasteiger partial charge in [0.25, 0.3) is 0 Å². The fraction of sp³-hybridized carbons (Fsp3) is 0.538. The molecule has 0 aromatic heterocycles. The molecule has 82 valence electrons. The molecule has 1 aromatic carbocycles. The molecular weight excluding hydrogens is 206 g/mol. The van der Waals surface area contributed by atoms with Crippen LogP contribution >= 0.6 is 11.6 Å². The zero-order chi connectivity index (χ0) is 10.5. The lowest BCUT2D eigenvalue weighted by atomic mass is 10.1. The zero-order valence-corrected chi connectivity index (χ0v) is 9.76. The quantitative estimate of drug-likeness (QED) is 0.729. The first kappa shape index (κ1) is 11.0. The maximum absolute atomic E-state index is 5.92. The van der Waals surface area contributed by atoms with Crippen LogP contribution in [0.4, 0.5) is 0 Å². The first-order valence-electron chi connectivity index (χ1n) is 5.82. The number of aryl methyl sites for hydroxylation is 1. The van der Waals surface area contributed by atoms with Gasteiger partial charge in [-0.15, -0.1) is 0 Å². The number of nitrogens with one attached hydrogen (secondary N) is 1. The van der Waals surface area contributed by atoms with Gasteiger partial charge in [0.05, 0.1) is 0 Å². The third-order valence-corrected chi connectivity index (χ3v) is 3.03. The van der Waals surface area contributed by atoms with Crippen molar-refractivity contribution in [2.75, 3.05) is 6.54 Å². The molecule has 15 heavy (non-hydrogen) atoms. The normalized spacial score (nSPS) is 15.5. The van der Waals surface area contributed by atoms with Gasteiger partial charge >= 0.3 is 0 Å². The summed E-state index contributed by atoms with van der Waals surface area (Å²) in [4.78, 5) is 0. The van der Waals surface area contributed by atoms with E-state index in [-0.39, 0.29) is 0 Å². The van der Waals surface area contributed by atoms with E-state index in [1.54, 1.807) is 0 Å². The second-order valence-electron chi connectivity index (χ2n) is 4.32. The molecule has 0 atom stereocenters. The van der Waals surface area contributed by atoms with Crippen molar-refractivity contribution < 1.29 is 0 Å². The molecule has 0 bridgehead atoms. The first-order chi connectivity index (χ1) is 7.34. The van der Waals surface area contributed by atoms with Crippen molar-refractivity contribution >= 4 is 11.6 Å². The lowest BCUT2D eigenvalue weighted by Gasteiger charge is -2.03. The predicted molar refractivity (Wildman–Crippen MR) is 65.4 cm³/mol. The Morgan fingerprint density at radius 2 is 2.13 bits per heavy atom. The summed E-state index contributed by atoms with van der Waals surface area (Å²) >= 11 is 5.92. The van der Waals surface area contributed by atoms with Crippen LogP contribution in [0.3, 0.4) is 0 Å². The SMILES string of the molecule is Clc1cccc(CCCCNC2CC2)c1. The molecule has 0 heterocycles. The van der Waals surface area contributed by atoms with Crippen LogP contribution in [0.5, 0.6) is 0 Å². The molecule has 2 heteroatoms. The minimum absolute atomic E-state index is 0.844. The molecular formula is C13H18ClN. The van der Waals surface area contributed by atoms with Crippen LogP contribution in [-0.4, -0.2) is 12.6 Å². The Morgan fingerprint density at radius 3 is 2.87 bits per heavy atom. The van der Waals surface area contributed by atoms with Crippen molar-refractivity contribution in [3.8, 4) is 0 Å². The lowest BCUT2D eigenvalue weighted by Crippen LogP contribution is -2.17. The van der Waals surface area contributed by atoms with E-state index in [1.165, 1.54) is 37.8 Å². The molecule has 1 N–H and O–H groups in total. The molecule has 0 amide bonds. The van der Waals surface area contributed by atoms with Gasteiger partial charge in [-0.1, -0.05) is 23.7 Å². The van der Waals surface area contributed by atoms with Gasteiger partial charge in [-0.2, -0.15) is 0 Å².